The summed E-state index contributed by atoms with van der Waals surface area (Å²) < 4.78 is 54.7. The first-order chi connectivity index (χ1) is 13.6. The van der Waals surface area contributed by atoms with Crippen LogP contribution >= 0.6 is 24.0 Å². The first-order valence-electron chi connectivity index (χ1n) is 8.66. The molecule has 2 aromatic carbocycles. The van der Waals surface area contributed by atoms with Crippen LogP contribution in [0.1, 0.15) is 12.0 Å². The molecule has 0 unspecified atom stereocenters. The van der Waals surface area contributed by atoms with Gasteiger partial charge in [0.1, 0.15) is 11.6 Å². The lowest BCUT2D eigenvalue weighted by Gasteiger charge is -2.16. The van der Waals surface area contributed by atoms with E-state index < -0.39 is 12.4 Å². The van der Waals surface area contributed by atoms with Crippen molar-refractivity contribution in [3.8, 4) is 17.2 Å². The Morgan fingerprint density at radius 1 is 1.17 bits per heavy atom. The molecule has 6 nitrogen and oxygen atoms in total. The minimum Gasteiger partial charge on any atom is -0.490 e. The number of guanidine groups is 1. The second-order valence-electron chi connectivity index (χ2n) is 5.86. The van der Waals surface area contributed by atoms with Gasteiger partial charge >= 0.3 is 6.61 Å². The van der Waals surface area contributed by atoms with Crippen LogP contribution in [-0.2, 0) is 6.54 Å². The molecule has 2 N–H and O–H groups in total. The topological polar surface area (TPSA) is 64.1 Å². The van der Waals surface area contributed by atoms with E-state index in [1.54, 1.807) is 18.2 Å². The van der Waals surface area contributed by atoms with Gasteiger partial charge in [0.15, 0.2) is 17.5 Å². The number of nitrogens with zero attached hydrogens (tertiary/aromatic N) is 1. The summed E-state index contributed by atoms with van der Waals surface area (Å²) in [5, 5.41) is 5.92. The lowest BCUT2D eigenvalue weighted by molar-refractivity contribution is -0.0506. The second kappa shape index (κ2) is 11.0. The zero-order chi connectivity index (χ0) is 19.9. The van der Waals surface area contributed by atoms with E-state index in [1.165, 1.54) is 25.2 Å². The number of hydrogen-bond donors (Lipinski definition) is 2. The highest BCUT2D eigenvalue weighted by atomic mass is 127. The van der Waals surface area contributed by atoms with Crippen LogP contribution in [0.4, 0.5) is 18.9 Å². The van der Waals surface area contributed by atoms with Crippen molar-refractivity contribution >= 4 is 35.6 Å². The molecule has 0 saturated carbocycles. The number of fused-ring (bicyclic) bond motifs is 1. The van der Waals surface area contributed by atoms with E-state index in [4.69, 9.17) is 9.47 Å². The number of alkyl halides is 2. The summed E-state index contributed by atoms with van der Waals surface area (Å²) in [6, 6.07) is 9.10. The number of anilines is 1. The summed E-state index contributed by atoms with van der Waals surface area (Å²) in [5.74, 6) is 0.705. The zero-order valence-corrected chi connectivity index (χ0v) is 17.9. The third kappa shape index (κ3) is 6.31. The van der Waals surface area contributed by atoms with Gasteiger partial charge < -0.3 is 24.8 Å². The van der Waals surface area contributed by atoms with Crippen LogP contribution in [0, 0.1) is 5.82 Å². The molecule has 0 aliphatic carbocycles. The van der Waals surface area contributed by atoms with E-state index >= 15 is 0 Å². The van der Waals surface area contributed by atoms with Crippen molar-refractivity contribution in [3.05, 3.63) is 47.8 Å². The zero-order valence-electron chi connectivity index (χ0n) is 15.6. The van der Waals surface area contributed by atoms with Gasteiger partial charge in [-0.3, -0.25) is 4.99 Å². The Kier molecular flexibility index (Phi) is 8.68. The molecular formula is C19H21F3IN3O3. The van der Waals surface area contributed by atoms with E-state index in [0.29, 0.717) is 36.4 Å². The molecule has 1 aliphatic rings. The Hall–Kier alpha value is -2.37. The maximum Gasteiger partial charge on any atom is 0.387 e. The average Bonchev–Trinajstić information content (AvgIpc) is 2.91. The molecule has 29 heavy (non-hydrogen) atoms. The third-order valence-electron chi connectivity index (χ3n) is 3.96. The van der Waals surface area contributed by atoms with Crippen molar-refractivity contribution in [2.24, 2.45) is 4.99 Å². The summed E-state index contributed by atoms with van der Waals surface area (Å²) in [6.07, 6.45) is 0.798. The van der Waals surface area contributed by atoms with Gasteiger partial charge in [-0.2, -0.15) is 8.78 Å². The van der Waals surface area contributed by atoms with E-state index in [0.717, 1.165) is 6.42 Å². The Labute approximate surface area is 183 Å². The Balaban J connectivity index is 0.00000300. The largest absolute Gasteiger partial charge is 0.490 e. The molecule has 0 spiro atoms. The van der Waals surface area contributed by atoms with Gasteiger partial charge in [0.25, 0.3) is 0 Å². The first-order valence-corrected chi connectivity index (χ1v) is 8.66. The number of aliphatic imine (C=N–C) groups is 1. The van der Waals surface area contributed by atoms with Crippen LogP contribution in [-0.4, -0.2) is 32.8 Å². The van der Waals surface area contributed by atoms with Crippen LogP contribution in [0.15, 0.2) is 41.4 Å². The number of hydrogen-bond acceptors (Lipinski definition) is 4. The fraction of sp³-hybridized carbons (Fsp3) is 0.316. The Morgan fingerprint density at radius 2 is 1.93 bits per heavy atom. The molecule has 1 aliphatic heterocycles. The van der Waals surface area contributed by atoms with E-state index in [2.05, 4.69) is 20.4 Å². The van der Waals surface area contributed by atoms with Crippen molar-refractivity contribution in [3.63, 3.8) is 0 Å². The van der Waals surface area contributed by atoms with Crippen molar-refractivity contribution in [1.29, 1.82) is 0 Å². The molecular weight excluding hydrogens is 502 g/mol. The smallest absolute Gasteiger partial charge is 0.387 e. The van der Waals surface area contributed by atoms with Crippen LogP contribution in [0.3, 0.4) is 0 Å². The highest BCUT2D eigenvalue weighted by Crippen LogP contribution is 2.32. The summed E-state index contributed by atoms with van der Waals surface area (Å²) in [4.78, 5) is 4.06. The molecule has 0 bridgehead atoms. The van der Waals surface area contributed by atoms with E-state index in [-0.39, 0.29) is 41.8 Å². The van der Waals surface area contributed by atoms with Crippen molar-refractivity contribution in [2.45, 2.75) is 19.6 Å². The average molecular weight is 523 g/mol. The maximum absolute atomic E-state index is 14.1. The number of rotatable bonds is 5. The normalized spacial score (nSPS) is 13.3. The van der Waals surface area contributed by atoms with E-state index in [1.807, 2.05) is 0 Å². The fourth-order valence-electron chi connectivity index (χ4n) is 2.65. The SMILES string of the molecule is CN=C(NCc1c(F)cccc1OC(F)F)Nc1ccc2c(c1)OCCCO2.I. The molecule has 3 rings (SSSR count). The monoisotopic (exact) mass is 523 g/mol. The van der Waals surface area contributed by atoms with Crippen LogP contribution < -0.4 is 24.8 Å². The molecule has 1 heterocycles. The molecule has 0 aromatic heterocycles. The highest BCUT2D eigenvalue weighted by Gasteiger charge is 2.15. The molecule has 10 heteroatoms. The highest BCUT2D eigenvalue weighted by molar-refractivity contribution is 14.0. The molecule has 0 fully saturated rings. The predicted octanol–water partition coefficient (Wildman–Crippen LogP) is 4.39. The van der Waals surface area contributed by atoms with E-state index in [9.17, 15) is 13.2 Å². The van der Waals surface area contributed by atoms with Crippen molar-refractivity contribution < 1.29 is 27.4 Å². The Morgan fingerprint density at radius 3 is 2.66 bits per heavy atom. The summed E-state index contributed by atoms with van der Waals surface area (Å²) in [5.41, 5.74) is 0.652. The third-order valence-corrected chi connectivity index (χ3v) is 3.96. The number of nitrogens with one attached hydrogen (secondary N) is 2. The van der Waals surface area contributed by atoms with Crippen LogP contribution in [0.2, 0.25) is 0 Å². The van der Waals surface area contributed by atoms with Crippen molar-refractivity contribution in [2.75, 3.05) is 25.6 Å². The second-order valence-corrected chi connectivity index (χ2v) is 5.86. The number of ether oxygens (including phenoxy) is 3. The van der Waals surface area contributed by atoms with Gasteiger partial charge in [-0.25, -0.2) is 4.39 Å². The number of benzene rings is 2. The molecule has 0 radical (unpaired) electrons. The maximum atomic E-state index is 14.1. The van der Waals surface area contributed by atoms with Crippen LogP contribution in [0.25, 0.3) is 0 Å². The summed E-state index contributed by atoms with van der Waals surface area (Å²) in [7, 11) is 1.54. The van der Waals surface area contributed by atoms with Gasteiger partial charge in [-0.1, -0.05) is 6.07 Å². The van der Waals surface area contributed by atoms with Crippen LogP contribution in [0.5, 0.6) is 17.2 Å². The molecule has 0 saturated heterocycles. The van der Waals surface area contributed by atoms with Crippen molar-refractivity contribution in [1.82, 2.24) is 5.32 Å². The van der Waals surface area contributed by atoms with Gasteiger partial charge in [-0.05, 0) is 24.3 Å². The van der Waals surface area contributed by atoms with Gasteiger partial charge in [-0.15, -0.1) is 24.0 Å². The quantitative estimate of drug-likeness (QED) is 0.346. The summed E-state index contributed by atoms with van der Waals surface area (Å²) >= 11 is 0. The number of halogens is 4. The summed E-state index contributed by atoms with van der Waals surface area (Å²) in [6.45, 7) is -1.99. The van der Waals surface area contributed by atoms with Gasteiger partial charge in [0.05, 0.1) is 13.2 Å². The minimum atomic E-state index is -3.04. The van der Waals surface area contributed by atoms with Gasteiger partial charge in [0, 0.05) is 37.3 Å². The molecule has 0 atom stereocenters. The molecule has 2 aromatic rings. The molecule has 0 amide bonds. The first kappa shape index (κ1) is 22.9. The lowest BCUT2D eigenvalue weighted by atomic mass is 10.2. The Bertz CT molecular complexity index is 853. The fourth-order valence-corrected chi connectivity index (χ4v) is 2.65. The molecule has 158 valence electrons. The standard InChI is InChI=1S/C19H20F3N3O3.HI/c1-23-19(24-11-13-14(20)4-2-5-15(13)28-18(21)22)25-12-6-7-16-17(10-12)27-9-3-8-26-16;/h2,4-7,10,18H,3,8-9,11H2,1H3,(H2,23,24,25);1H. The van der Waals surface area contributed by atoms with Gasteiger partial charge in [0.2, 0.25) is 0 Å². The minimum absolute atomic E-state index is 0. The lowest BCUT2D eigenvalue weighted by Crippen LogP contribution is -2.30. The predicted molar refractivity (Wildman–Crippen MR) is 114 cm³/mol.